The first-order chi connectivity index (χ1) is 8.54. The maximum atomic E-state index is 12.9. The van der Waals surface area contributed by atoms with Crippen LogP contribution in [0, 0.1) is 5.82 Å². The zero-order chi connectivity index (χ0) is 14.8. The van der Waals surface area contributed by atoms with E-state index in [1.165, 1.54) is 7.05 Å². The van der Waals surface area contributed by atoms with Crippen molar-refractivity contribution in [2.24, 2.45) is 0 Å². The van der Waals surface area contributed by atoms with Gasteiger partial charge in [-0.05, 0) is 18.2 Å². The van der Waals surface area contributed by atoms with Gasteiger partial charge in [-0.3, -0.25) is 0 Å². The largest absolute Gasteiger partial charge is 0.398 e. The summed E-state index contributed by atoms with van der Waals surface area (Å²) in [7, 11) is -5.97. The molecule has 0 unspecified atom stereocenters. The number of hydrogen-bond donors (Lipinski definition) is 1. The number of nitrogen functional groups attached to an aromatic ring is 1. The quantitative estimate of drug-likeness (QED) is 0.776. The van der Waals surface area contributed by atoms with Crippen molar-refractivity contribution in [2.45, 2.75) is 4.90 Å². The molecule has 0 fully saturated rings. The zero-order valence-corrected chi connectivity index (χ0v) is 12.1. The third-order valence-electron chi connectivity index (χ3n) is 2.44. The SMILES string of the molecule is CN(CCS(C)(=O)=O)S(=O)(=O)c1ccc(F)cc1N. The van der Waals surface area contributed by atoms with E-state index < -0.39 is 25.7 Å². The summed E-state index contributed by atoms with van der Waals surface area (Å²) >= 11 is 0. The van der Waals surface area contributed by atoms with Crippen LogP contribution in [-0.2, 0) is 19.9 Å². The van der Waals surface area contributed by atoms with Crippen molar-refractivity contribution in [3.8, 4) is 0 Å². The molecule has 0 aliphatic carbocycles. The minimum Gasteiger partial charge on any atom is -0.398 e. The van der Waals surface area contributed by atoms with Gasteiger partial charge >= 0.3 is 0 Å². The summed E-state index contributed by atoms with van der Waals surface area (Å²) in [6, 6.07) is 2.93. The molecule has 0 aliphatic heterocycles. The molecular formula is C10H15FN2O4S2. The van der Waals surface area contributed by atoms with Gasteiger partial charge in [0, 0.05) is 19.8 Å². The van der Waals surface area contributed by atoms with Gasteiger partial charge in [-0.1, -0.05) is 0 Å². The number of rotatable bonds is 5. The lowest BCUT2D eigenvalue weighted by Gasteiger charge is -2.17. The van der Waals surface area contributed by atoms with Crippen LogP contribution in [0.1, 0.15) is 0 Å². The Hall–Kier alpha value is -1.19. The molecule has 9 heteroatoms. The summed E-state index contributed by atoms with van der Waals surface area (Å²) < 4.78 is 60.0. The minimum absolute atomic E-state index is 0.196. The fraction of sp³-hybridized carbons (Fsp3) is 0.400. The summed E-state index contributed by atoms with van der Waals surface area (Å²) in [5.74, 6) is -0.945. The fourth-order valence-electron chi connectivity index (χ4n) is 1.34. The molecule has 0 spiro atoms. The van der Waals surface area contributed by atoms with E-state index in [0.717, 1.165) is 28.8 Å². The number of anilines is 1. The summed E-state index contributed by atoms with van der Waals surface area (Å²) in [5.41, 5.74) is 5.25. The third-order valence-corrected chi connectivity index (χ3v) is 5.29. The second-order valence-corrected chi connectivity index (χ2v) is 8.41. The van der Waals surface area contributed by atoms with Crippen molar-refractivity contribution in [3.05, 3.63) is 24.0 Å². The number of nitrogens with zero attached hydrogens (tertiary/aromatic N) is 1. The normalized spacial score (nSPS) is 12.8. The highest BCUT2D eigenvalue weighted by Gasteiger charge is 2.24. The van der Waals surface area contributed by atoms with E-state index in [1.54, 1.807) is 0 Å². The molecule has 108 valence electrons. The van der Waals surface area contributed by atoms with Crippen LogP contribution < -0.4 is 5.73 Å². The van der Waals surface area contributed by atoms with E-state index in [4.69, 9.17) is 5.73 Å². The first-order valence-electron chi connectivity index (χ1n) is 5.23. The predicted molar refractivity (Wildman–Crippen MR) is 70.3 cm³/mol. The van der Waals surface area contributed by atoms with E-state index in [1.807, 2.05) is 0 Å². The summed E-state index contributed by atoms with van der Waals surface area (Å²) in [6.07, 6.45) is 1.01. The lowest BCUT2D eigenvalue weighted by Crippen LogP contribution is -2.32. The summed E-state index contributed by atoms with van der Waals surface area (Å²) in [4.78, 5) is -0.245. The number of sulfone groups is 1. The first kappa shape index (κ1) is 15.9. The van der Waals surface area contributed by atoms with Gasteiger partial charge in [-0.25, -0.2) is 21.2 Å². The van der Waals surface area contributed by atoms with Crippen LogP contribution >= 0.6 is 0 Å². The Morgan fingerprint density at radius 2 is 1.84 bits per heavy atom. The van der Waals surface area contributed by atoms with Crippen molar-refractivity contribution in [1.29, 1.82) is 0 Å². The van der Waals surface area contributed by atoms with E-state index in [0.29, 0.717) is 0 Å². The van der Waals surface area contributed by atoms with Gasteiger partial charge in [0.1, 0.15) is 20.5 Å². The van der Waals surface area contributed by atoms with Crippen molar-refractivity contribution >= 4 is 25.5 Å². The zero-order valence-electron chi connectivity index (χ0n) is 10.5. The Labute approximate surface area is 112 Å². The van der Waals surface area contributed by atoms with Crippen LogP contribution in [0.15, 0.2) is 23.1 Å². The van der Waals surface area contributed by atoms with E-state index >= 15 is 0 Å². The lowest BCUT2D eigenvalue weighted by molar-refractivity contribution is 0.485. The van der Waals surface area contributed by atoms with Gasteiger partial charge in [0.25, 0.3) is 0 Å². The molecule has 0 saturated carbocycles. The second kappa shape index (κ2) is 5.43. The lowest BCUT2D eigenvalue weighted by atomic mass is 10.3. The van der Waals surface area contributed by atoms with Crippen LogP contribution in [0.5, 0.6) is 0 Å². The van der Waals surface area contributed by atoms with Gasteiger partial charge < -0.3 is 5.73 Å². The highest BCUT2D eigenvalue weighted by molar-refractivity contribution is 7.91. The van der Waals surface area contributed by atoms with Crippen LogP contribution in [-0.4, -0.2) is 46.7 Å². The Morgan fingerprint density at radius 3 is 2.32 bits per heavy atom. The molecule has 0 bridgehead atoms. The van der Waals surface area contributed by atoms with Gasteiger partial charge in [0.05, 0.1) is 11.4 Å². The molecular weight excluding hydrogens is 295 g/mol. The number of halogens is 1. The monoisotopic (exact) mass is 310 g/mol. The second-order valence-electron chi connectivity index (χ2n) is 4.14. The average Bonchev–Trinajstić information content (AvgIpc) is 2.24. The highest BCUT2D eigenvalue weighted by Crippen LogP contribution is 2.22. The van der Waals surface area contributed by atoms with E-state index in [-0.39, 0.29) is 22.9 Å². The molecule has 0 amide bonds. The number of benzene rings is 1. The van der Waals surface area contributed by atoms with Crippen LogP contribution in [0.2, 0.25) is 0 Å². The number of nitrogens with two attached hydrogens (primary N) is 1. The summed E-state index contributed by atoms with van der Waals surface area (Å²) in [6.45, 7) is -0.196. The highest BCUT2D eigenvalue weighted by atomic mass is 32.2. The van der Waals surface area contributed by atoms with Gasteiger partial charge in [0.15, 0.2) is 0 Å². The molecule has 6 nitrogen and oxygen atoms in total. The van der Waals surface area contributed by atoms with Crippen LogP contribution in [0.4, 0.5) is 10.1 Å². The Morgan fingerprint density at radius 1 is 1.26 bits per heavy atom. The van der Waals surface area contributed by atoms with Gasteiger partial charge in [0.2, 0.25) is 10.0 Å². The Bertz CT molecular complexity index is 671. The van der Waals surface area contributed by atoms with Crippen molar-refractivity contribution < 1.29 is 21.2 Å². The molecule has 0 aromatic heterocycles. The van der Waals surface area contributed by atoms with Gasteiger partial charge in [-0.2, -0.15) is 4.31 Å². The van der Waals surface area contributed by atoms with E-state index in [2.05, 4.69) is 0 Å². The van der Waals surface area contributed by atoms with E-state index in [9.17, 15) is 21.2 Å². The Kier molecular flexibility index (Phi) is 4.54. The number of hydrogen-bond acceptors (Lipinski definition) is 5. The molecule has 0 heterocycles. The fourth-order valence-corrected chi connectivity index (χ4v) is 3.32. The minimum atomic E-state index is -3.93. The predicted octanol–water partition coefficient (Wildman–Crippen LogP) is 0.0730. The Balaban J connectivity index is 3.03. The molecule has 1 aromatic rings. The van der Waals surface area contributed by atoms with Crippen molar-refractivity contribution in [1.82, 2.24) is 4.31 Å². The number of sulfonamides is 1. The molecule has 1 aromatic carbocycles. The first-order valence-corrected chi connectivity index (χ1v) is 8.73. The van der Waals surface area contributed by atoms with Crippen molar-refractivity contribution in [2.75, 3.05) is 31.3 Å². The molecule has 19 heavy (non-hydrogen) atoms. The molecule has 1 rings (SSSR count). The van der Waals surface area contributed by atoms with Crippen LogP contribution in [0.25, 0.3) is 0 Å². The molecule has 0 aliphatic rings. The summed E-state index contributed by atoms with van der Waals surface area (Å²) in [5, 5.41) is 0. The standard InChI is InChI=1S/C10H15FN2O4S2/c1-13(5-6-18(2,14)15)19(16,17)10-4-3-8(11)7-9(10)12/h3-4,7H,5-6,12H2,1-2H3. The van der Waals surface area contributed by atoms with Crippen molar-refractivity contribution in [3.63, 3.8) is 0 Å². The molecule has 0 radical (unpaired) electrons. The van der Waals surface area contributed by atoms with Gasteiger partial charge in [-0.15, -0.1) is 0 Å². The smallest absolute Gasteiger partial charge is 0.244 e. The average molecular weight is 310 g/mol. The topological polar surface area (TPSA) is 97.5 Å². The third kappa shape index (κ3) is 4.15. The molecule has 0 atom stereocenters. The molecule has 0 saturated heterocycles. The maximum Gasteiger partial charge on any atom is 0.244 e. The van der Waals surface area contributed by atoms with Crippen LogP contribution in [0.3, 0.4) is 0 Å². The maximum absolute atomic E-state index is 12.9. The molecule has 2 N–H and O–H groups in total.